The number of rotatable bonds is 6. The molecule has 1 heterocycles. The minimum atomic E-state index is -0.928. The Kier molecular flexibility index (Phi) is 5.75. The lowest BCUT2D eigenvalue weighted by Crippen LogP contribution is -2.36. The molecular formula is C23H29NO5S. The van der Waals surface area contributed by atoms with Gasteiger partial charge in [-0.3, -0.25) is 9.59 Å². The number of carbonyl (C=O) groups is 3. The van der Waals surface area contributed by atoms with Crippen molar-refractivity contribution in [1.82, 2.24) is 0 Å². The first-order chi connectivity index (χ1) is 14.3. The van der Waals surface area contributed by atoms with Crippen molar-refractivity contribution >= 4 is 34.2 Å². The molecule has 1 fully saturated rings. The molecule has 6 nitrogen and oxygen atoms in total. The van der Waals surface area contributed by atoms with E-state index in [4.69, 9.17) is 4.74 Å². The second kappa shape index (κ2) is 8.17. The Labute approximate surface area is 180 Å². The molecule has 0 aromatic carbocycles. The van der Waals surface area contributed by atoms with Gasteiger partial charge in [0, 0.05) is 4.88 Å². The normalized spacial score (nSPS) is 29.1. The van der Waals surface area contributed by atoms with Gasteiger partial charge in [-0.2, -0.15) is 0 Å². The third kappa shape index (κ3) is 3.68. The van der Waals surface area contributed by atoms with Crippen LogP contribution in [0.1, 0.15) is 60.8 Å². The zero-order valence-corrected chi connectivity index (χ0v) is 18.5. The van der Waals surface area contributed by atoms with E-state index in [0.29, 0.717) is 22.9 Å². The van der Waals surface area contributed by atoms with E-state index >= 15 is 0 Å². The van der Waals surface area contributed by atoms with Crippen LogP contribution in [-0.2, 0) is 27.2 Å². The number of fused-ring (bicyclic) bond motifs is 3. The van der Waals surface area contributed by atoms with Crippen molar-refractivity contribution < 1.29 is 24.2 Å². The minimum Gasteiger partial charge on any atom is -0.481 e. The van der Waals surface area contributed by atoms with E-state index in [2.05, 4.69) is 12.2 Å². The van der Waals surface area contributed by atoms with Crippen LogP contribution >= 0.6 is 11.3 Å². The summed E-state index contributed by atoms with van der Waals surface area (Å²) in [7, 11) is 0. The Morgan fingerprint density at radius 3 is 2.57 bits per heavy atom. The monoisotopic (exact) mass is 431 g/mol. The molecule has 0 aliphatic heterocycles. The Morgan fingerprint density at radius 2 is 1.93 bits per heavy atom. The van der Waals surface area contributed by atoms with Gasteiger partial charge in [-0.05, 0) is 62.8 Å². The first-order valence-corrected chi connectivity index (χ1v) is 11.7. The van der Waals surface area contributed by atoms with Crippen LogP contribution in [0.15, 0.2) is 12.2 Å². The van der Waals surface area contributed by atoms with E-state index in [0.717, 1.165) is 36.1 Å². The van der Waals surface area contributed by atoms with Gasteiger partial charge < -0.3 is 15.2 Å². The van der Waals surface area contributed by atoms with Crippen molar-refractivity contribution in [1.29, 1.82) is 0 Å². The number of hydrogen-bond acceptors (Lipinski definition) is 5. The van der Waals surface area contributed by atoms with E-state index < -0.39 is 23.8 Å². The van der Waals surface area contributed by atoms with Crippen LogP contribution < -0.4 is 5.32 Å². The Morgan fingerprint density at radius 1 is 1.23 bits per heavy atom. The molecule has 2 bridgehead atoms. The van der Waals surface area contributed by atoms with Crippen LogP contribution in [0.2, 0.25) is 0 Å². The van der Waals surface area contributed by atoms with E-state index in [9.17, 15) is 19.5 Å². The zero-order chi connectivity index (χ0) is 21.6. The summed E-state index contributed by atoms with van der Waals surface area (Å²) in [5.41, 5.74) is 1.46. The number of aliphatic carboxylic acids is 1. The second-order valence-corrected chi connectivity index (χ2v) is 10.1. The Balaban J connectivity index is 1.64. The van der Waals surface area contributed by atoms with Crippen molar-refractivity contribution in [3.05, 3.63) is 28.2 Å². The summed E-state index contributed by atoms with van der Waals surface area (Å²) in [6.07, 6.45) is 8.16. The average Bonchev–Trinajstić information content (AvgIpc) is 3.38. The summed E-state index contributed by atoms with van der Waals surface area (Å²) < 4.78 is 5.48. The lowest BCUT2D eigenvalue weighted by atomic mass is 9.82. The number of nitrogens with one attached hydrogen (secondary N) is 1. The van der Waals surface area contributed by atoms with Gasteiger partial charge in [0.05, 0.1) is 23.5 Å². The molecule has 0 radical (unpaired) electrons. The number of anilines is 1. The minimum absolute atomic E-state index is 0.0544. The Hall–Kier alpha value is -2.15. The summed E-state index contributed by atoms with van der Waals surface area (Å²) in [5.74, 6) is -2.50. The molecule has 0 saturated heterocycles. The highest BCUT2D eigenvalue weighted by Crippen LogP contribution is 2.49. The van der Waals surface area contributed by atoms with Gasteiger partial charge in [-0.1, -0.05) is 25.5 Å². The summed E-state index contributed by atoms with van der Waals surface area (Å²) in [5, 5.41) is 13.1. The number of hydrogen-bond donors (Lipinski definition) is 2. The van der Waals surface area contributed by atoms with Crippen LogP contribution in [0.4, 0.5) is 5.00 Å². The van der Waals surface area contributed by atoms with Crippen LogP contribution in [0.3, 0.4) is 0 Å². The molecule has 5 atom stereocenters. The number of amides is 1. The molecule has 1 aromatic rings. The predicted octanol–water partition coefficient (Wildman–Crippen LogP) is 4.29. The largest absolute Gasteiger partial charge is 0.481 e. The smallest absolute Gasteiger partial charge is 0.341 e. The van der Waals surface area contributed by atoms with Gasteiger partial charge in [0.25, 0.3) is 0 Å². The molecule has 0 unspecified atom stereocenters. The summed E-state index contributed by atoms with van der Waals surface area (Å²) in [6.45, 7) is 5.79. The number of allylic oxidation sites excluding steroid dienone is 2. The molecular weight excluding hydrogens is 402 g/mol. The fraction of sp³-hybridized carbons (Fsp3) is 0.609. The van der Waals surface area contributed by atoms with Gasteiger partial charge in [0.2, 0.25) is 5.91 Å². The second-order valence-electron chi connectivity index (χ2n) is 9.01. The molecule has 7 heteroatoms. The van der Waals surface area contributed by atoms with Crippen molar-refractivity contribution in [3.8, 4) is 0 Å². The summed E-state index contributed by atoms with van der Waals surface area (Å²) >= 11 is 1.46. The van der Waals surface area contributed by atoms with Crippen LogP contribution in [0.25, 0.3) is 0 Å². The van der Waals surface area contributed by atoms with Gasteiger partial charge in [0.1, 0.15) is 5.00 Å². The third-order valence-corrected chi connectivity index (χ3v) is 7.95. The highest BCUT2D eigenvalue weighted by Gasteiger charge is 2.52. The van der Waals surface area contributed by atoms with Crippen LogP contribution in [0, 0.1) is 29.6 Å². The van der Waals surface area contributed by atoms with Crippen molar-refractivity contribution in [3.63, 3.8) is 0 Å². The Bertz CT molecular complexity index is 902. The SMILES string of the molecule is CC[C@@H]1CCc2c(sc(NC(=O)[C@@H]3[C@H](C(=O)O)[C@H]4C=C[C@H]3C4)c2C(=O)OC(C)C)C1. The van der Waals surface area contributed by atoms with Crippen molar-refractivity contribution in [2.45, 2.75) is 59.0 Å². The third-order valence-electron chi connectivity index (χ3n) is 6.78. The quantitative estimate of drug-likeness (QED) is 0.518. The number of esters is 1. The highest BCUT2D eigenvalue weighted by atomic mass is 32.1. The number of carboxylic acid groups (broad SMARTS) is 1. The number of carbonyl (C=O) groups excluding carboxylic acids is 2. The molecule has 0 spiro atoms. The highest BCUT2D eigenvalue weighted by molar-refractivity contribution is 7.17. The summed E-state index contributed by atoms with van der Waals surface area (Å²) in [6, 6.07) is 0. The average molecular weight is 432 g/mol. The molecule has 30 heavy (non-hydrogen) atoms. The lowest BCUT2D eigenvalue weighted by molar-refractivity contribution is -0.146. The molecule has 3 aliphatic rings. The van der Waals surface area contributed by atoms with E-state index in [1.54, 1.807) is 13.8 Å². The molecule has 3 aliphatic carbocycles. The number of thiophene rings is 1. The van der Waals surface area contributed by atoms with Crippen LogP contribution in [-0.4, -0.2) is 29.1 Å². The predicted molar refractivity (Wildman–Crippen MR) is 115 cm³/mol. The van der Waals surface area contributed by atoms with Gasteiger partial charge in [0.15, 0.2) is 0 Å². The molecule has 162 valence electrons. The fourth-order valence-corrected chi connectivity index (χ4v) is 6.64. The van der Waals surface area contributed by atoms with E-state index in [-0.39, 0.29) is 23.8 Å². The first-order valence-electron chi connectivity index (χ1n) is 10.9. The van der Waals surface area contributed by atoms with Crippen molar-refractivity contribution in [2.75, 3.05) is 5.32 Å². The van der Waals surface area contributed by atoms with E-state index in [1.165, 1.54) is 11.3 Å². The van der Waals surface area contributed by atoms with Crippen LogP contribution in [0.5, 0.6) is 0 Å². The summed E-state index contributed by atoms with van der Waals surface area (Å²) in [4.78, 5) is 39.0. The van der Waals surface area contributed by atoms with Crippen molar-refractivity contribution in [2.24, 2.45) is 29.6 Å². The van der Waals surface area contributed by atoms with Gasteiger partial charge >= 0.3 is 11.9 Å². The maximum Gasteiger partial charge on any atom is 0.341 e. The first kappa shape index (κ1) is 21.1. The standard InChI is InChI=1S/C23H29NO5S/c1-4-12-5-8-15-16(9-12)30-21(19(15)23(28)29-11(2)3)24-20(25)17-13-6-7-14(10-13)18(17)22(26)27/h6-7,11-14,17-18H,4-5,8-10H2,1-3H3,(H,24,25)(H,26,27)/t12-,13+,14+,17+,18-/m1/s1. The number of ether oxygens (including phenoxy) is 1. The van der Waals surface area contributed by atoms with Gasteiger partial charge in [-0.15, -0.1) is 11.3 Å². The maximum absolute atomic E-state index is 13.2. The molecule has 1 saturated carbocycles. The molecule has 4 rings (SSSR count). The molecule has 2 N–H and O–H groups in total. The molecule has 1 aromatic heterocycles. The topological polar surface area (TPSA) is 92.7 Å². The lowest BCUT2D eigenvalue weighted by Gasteiger charge is -2.23. The molecule has 1 amide bonds. The van der Waals surface area contributed by atoms with Gasteiger partial charge in [-0.25, -0.2) is 4.79 Å². The maximum atomic E-state index is 13.2. The zero-order valence-electron chi connectivity index (χ0n) is 17.6. The number of carboxylic acids is 1. The fourth-order valence-electron chi connectivity index (χ4n) is 5.29. The van der Waals surface area contributed by atoms with E-state index in [1.807, 2.05) is 12.2 Å².